The van der Waals surface area contributed by atoms with Crippen molar-refractivity contribution in [1.82, 2.24) is 0 Å². The molecule has 0 radical (unpaired) electrons. The summed E-state index contributed by atoms with van der Waals surface area (Å²) in [7, 11) is 0. The quantitative estimate of drug-likeness (QED) is 0.608. The van der Waals surface area contributed by atoms with Crippen LogP contribution in [0, 0.1) is 11.7 Å². The standard InChI is InChI=1S/C14H20FNOS/c1-10(2)4-3-7-17-9-11-5-6-13(15)12(8-11)14(16)18/h5-6,8,10H,3-4,7,9H2,1-2H3,(H2,16,18). The van der Waals surface area contributed by atoms with Crippen LogP contribution in [0.25, 0.3) is 0 Å². The molecule has 0 amide bonds. The third-order valence-electron chi connectivity index (χ3n) is 2.64. The van der Waals surface area contributed by atoms with Gasteiger partial charge in [0.25, 0.3) is 0 Å². The van der Waals surface area contributed by atoms with Crippen LogP contribution in [0.3, 0.4) is 0 Å². The molecule has 2 nitrogen and oxygen atoms in total. The number of thiocarbonyl (C=S) groups is 1. The topological polar surface area (TPSA) is 35.2 Å². The van der Waals surface area contributed by atoms with Crippen LogP contribution in [0.15, 0.2) is 18.2 Å². The fourth-order valence-corrected chi connectivity index (χ4v) is 1.79. The summed E-state index contributed by atoms with van der Waals surface area (Å²) in [6.07, 6.45) is 2.20. The molecule has 0 aliphatic rings. The molecule has 1 rings (SSSR count). The summed E-state index contributed by atoms with van der Waals surface area (Å²) in [5.74, 6) is 0.312. The molecular weight excluding hydrogens is 249 g/mol. The summed E-state index contributed by atoms with van der Waals surface area (Å²) >= 11 is 4.79. The SMILES string of the molecule is CC(C)CCCOCc1ccc(F)c(C(N)=S)c1. The van der Waals surface area contributed by atoms with Crippen LogP contribution >= 0.6 is 12.2 Å². The molecule has 0 aromatic heterocycles. The van der Waals surface area contributed by atoms with Gasteiger partial charge in [-0.15, -0.1) is 0 Å². The first-order chi connectivity index (χ1) is 8.50. The van der Waals surface area contributed by atoms with E-state index in [9.17, 15) is 4.39 Å². The van der Waals surface area contributed by atoms with Crippen molar-refractivity contribution >= 4 is 17.2 Å². The van der Waals surface area contributed by atoms with Gasteiger partial charge >= 0.3 is 0 Å². The lowest BCUT2D eigenvalue weighted by Gasteiger charge is -2.08. The molecule has 2 N–H and O–H groups in total. The fraction of sp³-hybridized carbons (Fsp3) is 0.500. The molecule has 0 unspecified atom stereocenters. The molecule has 18 heavy (non-hydrogen) atoms. The zero-order chi connectivity index (χ0) is 13.5. The van der Waals surface area contributed by atoms with E-state index in [1.807, 2.05) is 0 Å². The Bertz CT molecular complexity index is 407. The second-order valence-electron chi connectivity index (χ2n) is 4.77. The summed E-state index contributed by atoms with van der Waals surface area (Å²) in [5, 5.41) is 0. The average molecular weight is 269 g/mol. The largest absolute Gasteiger partial charge is 0.389 e. The molecule has 100 valence electrons. The minimum Gasteiger partial charge on any atom is -0.389 e. The summed E-state index contributed by atoms with van der Waals surface area (Å²) in [5.41, 5.74) is 6.62. The number of hydrogen-bond acceptors (Lipinski definition) is 2. The van der Waals surface area contributed by atoms with E-state index in [0.717, 1.165) is 25.0 Å². The van der Waals surface area contributed by atoms with Crippen molar-refractivity contribution in [3.8, 4) is 0 Å². The smallest absolute Gasteiger partial charge is 0.133 e. The van der Waals surface area contributed by atoms with E-state index < -0.39 is 0 Å². The van der Waals surface area contributed by atoms with Gasteiger partial charge in [0, 0.05) is 12.2 Å². The molecule has 1 aromatic rings. The highest BCUT2D eigenvalue weighted by molar-refractivity contribution is 7.80. The molecular formula is C14H20FNOS. The second kappa shape index (κ2) is 7.44. The van der Waals surface area contributed by atoms with E-state index in [2.05, 4.69) is 13.8 Å². The Labute approximate surface area is 113 Å². The summed E-state index contributed by atoms with van der Waals surface area (Å²) in [4.78, 5) is 0.0779. The van der Waals surface area contributed by atoms with Gasteiger partial charge in [0.1, 0.15) is 10.8 Å². The first-order valence-electron chi connectivity index (χ1n) is 6.16. The van der Waals surface area contributed by atoms with Gasteiger partial charge in [-0.25, -0.2) is 4.39 Å². The van der Waals surface area contributed by atoms with Crippen molar-refractivity contribution in [2.45, 2.75) is 33.3 Å². The lowest BCUT2D eigenvalue weighted by molar-refractivity contribution is 0.115. The first kappa shape index (κ1) is 15.1. The molecule has 0 saturated heterocycles. The first-order valence-corrected chi connectivity index (χ1v) is 6.57. The molecule has 4 heteroatoms. The molecule has 0 bridgehead atoms. The van der Waals surface area contributed by atoms with E-state index in [0.29, 0.717) is 12.5 Å². The van der Waals surface area contributed by atoms with Crippen LogP contribution in [0.4, 0.5) is 4.39 Å². The number of rotatable bonds is 7. The lowest BCUT2D eigenvalue weighted by atomic mass is 10.1. The fourth-order valence-electron chi connectivity index (χ4n) is 1.63. The molecule has 0 spiro atoms. The molecule has 0 aliphatic carbocycles. The minimum atomic E-state index is -0.383. The summed E-state index contributed by atoms with van der Waals surface area (Å²) < 4.78 is 18.9. The maximum Gasteiger partial charge on any atom is 0.133 e. The maximum absolute atomic E-state index is 13.3. The van der Waals surface area contributed by atoms with Crippen LogP contribution < -0.4 is 5.73 Å². The van der Waals surface area contributed by atoms with E-state index in [1.165, 1.54) is 6.07 Å². The molecule has 0 aliphatic heterocycles. The Balaban J connectivity index is 2.43. The summed E-state index contributed by atoms with van der Waals surface area (Å²) in [6, 6.07) is 4.72. The van der Waals surface area contributed by atoms with Crippen LogP contribution in [-0.4, -0.2) is 11.6 Å². The molecule has 0 atom stereocenters. The van der Waals surface area contributed by atoms with Crippen LogP contribution in [0.1, 0.15) is 37.8 Å². The number of ether oxygens (including phenoxy) is 1. The highest BCUT2D eigenvalue weighted by Crippen LogP contribution is 2.12. The Morgan fingerprint density at radius 1 is 1.44 bits per heavy atom. The van der Waals surface area contributed by atoms with Gasteiger partial charge in [0.15, 0.2) is 0 Å². The monoisotopic (exact) mass is 269 g/mol. The predicted octanol–water partition coefficient (Wildman–Crippen LogP) is 3.41. The Morgan fingerprint density at radius 3 is 2.78 bits per heavy atom. The highest BCUT2D eigenvalue weighted by atomic mass is 32.1. The Hall–Kier alpha value is -1.00. The number of halogens is 1. The highest BCUT2D eigenvalue weighted by Gasteiger charge is 2.06. The van der Waals surface area contributed by atoms with Gasteiger partial charge in [-0.1, -0.05) is 32.1 Å². The minimum absolute atomic E-state index is 0.0779. The van der Waals surface area contributed by atoms with Gasteiger partial charge in [-0.05, 0) is 36.5 Å². The van der Waals surface area contributed by atoms with Crippen LogP contribution in [0.5, 0.6) is 0 Å². The molecule has 0 heterocycles. The van der Waals surface area contributed by atoms with Crippen molar-refractivity contribution < 1.29 is 9.13 Å². The molecule has 0 fully saturated rings. The number of nitrogens with two attached hydrogens (primary N) is 1. The van der Waals surface area contributed by atoms with Crippen LogP contribution in [0.2, 0.25) is 0 Å². The summed E-state index contributed by atoms with van der Waals surface area (Å²) in [6.45, 7) is 5.56. The van der Waals surface area contributed by atoms with Gasteiger partial charge in [0.2, 0.25) is 0 Å². The molecule has 1 aromatic carbocycles. The van der Waals surface area contributed by atoms with Crippen molar-refractivity contribution in [2.24, 2.45) is 11.7 Å². The van der Waals surface area contributed by atoms with Crippen molar-refractivity contribution in [3.05, 3.63) is 35.1 Å². The second-order valence-corrected chi connectivity index (χ2v) is 5.21. The van der Waals surface area contributed by atoms with Gasteiger partial charge in [0.05, 0.1) is 6.61 Å². The van der Waals surface area contributed by atoms with Crippen molar-refractivity contribution in [1.29, 1.82) is 0 Å². The van der Waals surface area contributed by atoms with Gasteiger partial charge in [-0.2, -0.15) is 0 Å². The van der Waals surface area contributed by atoms with Gasteiger partial charge in [-0.3, -0.25) is 0 Å². The van der Waals surface area contributed by atoms with E-state index in [4.69, 9.17) is 22.7 Å². The third kappa shape index (κ3) is 5.10. The Kier molecular flexibility index (Phi) is 6.22. The van der Waals surface area contributed by atoms with E-state index in [1.54, 1.807) is 12.1 Å². The van der Waals surface area contributed by atoms with Crippen LogP contribution in [-0.2, 0) is 11.3 Å². The maximum atomic E-state index is 13.3. The zero-order valence-electron chi connectivity index (χ0n) is 10.9. The number of benzene rings is 1. The zero-order valence-corrected chi connectivity index (χ0v) is 11.7. The van der Waals surface area contributed by atoms with Crippen molar-refractivity contribution in [2.75, 3.05) is 6.61 Å². The normalized spacial score (nSPS) is 10.9. The van der Waals surface area contributed by atoms with E-state index in [-0.39, 0.29) is 16.4 Å². The lowest BCUT2D eigenvalue weighted by Crippen LogP contribution is -2.12. The van der Waals surface area contributed by atoms with Gasteiger partial charge < -0.3 is 10.5 Å². The predicted molar refractivity (Wildman–Crippen MR) is 76.0 cm³/mol. The third-order valence-corrected chi connectivity index (χ3v) is 2.86. The average Bonchev–Trinajstić information content (AvgIpc) is 2.30. The molecule has 0 saturated carbocycles. The number of hydrogen-bond donors (Lipinski definition) is 1. The van der Waals surface area contributed by atoms with Crippen molar-refractivity contribution in [3.63, 3.8) is 0 Å². The Morgan fingerprint density at radius 2 is 2.17 bits per heavy atom. The van der Waals surface area contributed by atoms with E-state index >= 15 is 0 Å².